The molecule has 1 aliphatic rings. The van der Waals surface area contributed by atoms with Gasteiger partial charge >= 0.3 is 23.9 Å². The van der Waals surface area contributed by atoms with Crippen LogP contribution in [0.4, 0.5) is 0 Å². The molecular formula is C16H21NO9. The van der Waals surface area contributed by atoms with E-state index in [1.54, 1.807) is 0 Å². The summed E-state index contributed by atoms with van der Waals surface area (Å²) in [6.45, 7) is 2.32. The molecule has 1 heterocycles. The van der Waals surface area contributed by atoms with Gasteiger partial charge in [-0.25, -0.2) is 19.2 Å². The molecule has 0 spiro atoms. The summed E-state index contributed by atoms with van der Waals surface area (Å²) in [5.41, 5.74) is 0. The number of carboxylic acids is 1. The van der Waals surface area contributed by atoms with Crippen LogP contribution in [0.5, 0.6) is 0 Å². The fraction of sp³-hybridized carbons (Fsp3) is 0.500. The maximum absolute atomic E-state index is 11.7. The number of carbonyl (C=O) groups is 4. The monoisotopic (exact) mass is 371 g/mol. The van der Waals surface area contributed by atoms with E-state index in [-0.39, 0.29) is 13.2 Å². The Morgan fingerprint density at radius 3 is 2.27 bits per heavy atom. The smallest absolute Gasteiger partial charge is 0.331 e. The van der Waals surface area contributed by atoms with Crippen molar-refractivity contribution in [3.8, 4) is 0 Å². The lowest BCUT2D eigenvalue weighted by Crippen LogP contribution is -2.43. The van der Waals surface area contributed by atoms with Crippen LogP contribution >= 0.6 is 0 Å². The number of carboxylic acid groups (broad SMARTS) is 1. The van der Waals surface area contributed by atoms with Gasteiger partial charge in [0.15, 0.2) is 0 Å². The second kappa shape index (κ2) is 11.8. The first kappa shape index (κ1) is 21.3. The molecule has 1 fully saturated rings. The fourth-order valence-corrected chi connectivity index (χ4v) is 1.97. The van der Waals surface area contributed by atoms with Crippen molar-refractivity contribution in [2.24, 2.45) is 0 Å². The van der Waals surface area contributed by atoms with E-state index in [0.717, 1.165) is 18.2 Å². The molecule has 0 aliphatic carbocycles. The summed E-state index contributed by atoms with van der Waals surface area (Å²) in [6.07, 6.45) is 2.41. The van der Waals surface area contributed by atoms with Gasteiger partial charge in [0, 0.05) is 43.9 Å². The van der Waals surface area contributed by atoms with Gasteiger partial charge in [0.25, 0.3) is 0 Å². The van der Waals surface area contributed by atoms with Crippen LogP contribution in [0.25, 0.3) is 0 Å². The number of aliphatic carboxylic acids is 1. The van der Waals surface area contributed by atoms with Crippen LogP contribution in [0, 0.1) is 0 Å². The van der Waals surface area contributed by atoms with Gasteiger partial charge in [-0.15, -0.1) is 0 Å². The molecular weight excluding hydrogens is 350 g/mol. The molecule has 1 unspecified atom stereocenters. The van der Waals surface area contributed by atoms with Gasteiger partial charge in [-0.05, 0) is 0 Å². The molecule has 0 amide bonds. The van der Waals surface area contributed by atoms with E-state index in [4.69, 9.17) is 19.3 Å². The Hall–Kier alpha value is -2.72. The predicted molar refractivity (Wildman–Crippen MR) is 86.0 cm³/mol. The van der Waals surface area contributed by atoms with Crippen LogP contribution < -0.4 is 0 Å². The standard InChI is InChI=1S/C16H21NO9/c1-23-14(20)4-5-15(21)25-11-12(10-17-6-8-24-9-7-17)26-16(22)3-2-13(18)19/h2-5,12H,6-11H2,1H3,(H,18,19). The fourth-order valence-electron chi connectivity index (χ4n) is 1.97. The summed E-state index contributed by atoms with van der Waals surface area (Å²) in [7, 11) is 1.17. The minimum atomic E-state index is -1.29. The average Bonchev–Trinajstić information content (AvgIpc) is 2.63. The Balaban J connectivity index is 2.59. The molecule has 1 saturated heterocycles. The summed E-state index contributed by atoms with van der Waals surface area (Å²) < 4.78 is 19.7. The normalized spacial score (nSPS) is 16.3. The maximum atomic E-state index is 11.7. The van der Waals surface area contributed by atoms with Crippen molar-refractivity contribution in [1.82, 2.24) is 4.90 Å². The summed E-state index contributed by atoms with van der Waals surface area (Å²) >= 11 is 0. The summed E-state index contributed by atoms with van der Waals surface area (Å²) in [5, 5.41) is 8.53. The number of morpholine rings is 1. The maximum Gasteiger partial charge on any atom is 0.331 e. The molecule has 0 bridgehead atoms. The predicted octanol–water partition coefficient (Wildman–Crippen LogP) is -0.856. The number of rotatable bonds is 9. The highest BCUT2D eigenvalue weighted by molar-refractivity contribution is 5.92. The molecule has 144 valence electrons. The van der Waals surface area contributed by atoms with Crippen molar-refractivity contribution in [2.75, 3.05) is 46.6 Å². The van der Waals surface area contributed by atoms with E-state index in [9.17, 15) is 19.2 Å². The Morgan fingerprint density at radius 1 is 1.04 bits per heavy atom. The zero-order chi connectivity index (χ0) is 19.4. The quantitative estimate of drug-likeness (QED) is 0.311. The van der Waals surface area contributed by atoms with E-state index in [2.05, 4.69) is 4.74 Å². The molecule has 0 saturated carbocycles. The van der Waals surface area contributed by atoms with Crippen molar-refractivity contribution in [3.63, 3.8) is 0 Å². The molecule has 10 nitrogen and oxygen atoms in total. The van der Waals surface area contributed by atoms with Gasteiger partial charge < -0.3 is 24.1 Å². The Morgan fingerprint density at radius 2 is 1.65 bits per heavy atom. The van der Waals surface area contributed by atoms with E-state index in [0.29, 0.717) is 32.4 Å². The Kier molecular flexibility index (Phi) is 9.65. The van der Waals surface area contributed by atoms with Gasteiger partial charge in [-0.3, -0.25) is 4.90 Å². The van der Waals surface area contributed by atoms with Crippen molar-refractivity contribution in [1.29, 1.82) is 0 Å². The highest BCUT2D eigenvalue weighted by Crippen LogP contribution is 2.04. The minimum absolute atomic E-state index is 0.256. The van der Waals surface area contributed by atoms with E-state index >= 15 is 0 Å². The molecule has 1 N–H and O–H groups in total. The topological polar surface area (TPSA) is 129 Å². The van der Waals surface area contributed by atoms with E-state index in [1.165, 1.54) is 7.11 Å². The van der Waals surface area contributed by atoms with E-state index < -0.39 is 30.0 Å². The second-order valence-electron chi connectivity index (χ2n) is 5.13. The van der Waals surface area contributed by atoms with Crippen molar-refractivity contribution >= 4 is 23.9 Å². The first-order valence-corrected chi connectivity index (χ1v) is 7.75. The Bertz CT molecular complexity index is 564. The number of carbonyl (C=O) groups excluding carboxylic acids is 3. The van der Waals surface area contributed by atoms with E-state index in [1.807, 2.05) is 4.90 Å². The average molecular weight is 371 g/mol. The van der Waals surface area contributed by atoms with Crippen molar-refractivity contribution in [2.45, 2.75) is 6.10 Å². The van der Waals surface area contributed by atoms with Crippen molar-refractivity contribution < 1.29 is 43.2 Å². The SMILES string of the molecule is COC(=O)C=CC(=O)OCC(CN1CCOCC1)OC(=O)C=CC(=O)O. The molecule has 1 atom stereocenters. The van der Waals surface area contributed by atoms with Crippen LogP contribution in [0.2, 0.25) is 0 Å². The van der Waals surface area contributed by atoms with Crippen molar-refractivity contribution in [3.05, 3.63) is 24.3 Å². The molecule has 10 heteroatoms. The van der Waals surface area contributed by atoms with Crippen LogP contribution in [0.3, 0.4) is 0 Å². The molecule has 0 radical (unpaired) electrons. The third kappa shape index (κ3) is 9.55. The third-order valence-corrected chi connectivity index (χ3v) is 3.18. The molecule has 26 heavy (non-hydrogen) atoms. The lowest BCUT2D eigenvalue weighted by atomic mass is 10.3. The number of ether oxygens (including phenoxy) is 4. The number of nitrogens with zero attached hydrogens (tertiary/aromatic N) is 1. The van der Waals surface area contributed by atoms with Gasteiger partial charge in [-0.2, -0.15) is 0 Å². The molecule has 0 aromatic heterocycles. The van der Waals surface area contributed by atoms with Crippen LogP contribution in [0.1, 0.15) is 0 Å². The molecule has 0 aromatic carbocycles. The van der Waals surface area contributed by atoms with Gasteiger partial charge in [0.2, 0.25) is 0 Å². The van der Waals surface area contributed by atoms with Gasteiger partial charge in [-0.1, -0.05) is 0 Å². The first-order valence-electron chi connectivity index (χ1n) is 7.75. The first-order chi connectivity index (χ1) is 12.4. The number of esters is 3. The van der Waals surface area contributed by atoms with Gasteiger partial charge in [0.1, 0.15) is 12.7 Å². The lowest BCUT2D eigenvalue weighted by molar-refractivity contribution is -0.154. The molecule has 0 aromatic rings. The zero-order valence-electron chi connectivity index (χ0n) is 14.3. The van der Waals surface area contributed by atoms with Crippen LogP contribution in [-0.4, -0.2) is 86.6 Å². The number of methoxy groups -OCH3 is 1. The summed E-state index contributed by atoms with van der Waals surface area (Å²) in [5.74, 6) is -3.67. The summed E-state index contributed by atoms with van der Waals surface area (Å²) in [4.78, 5) is 46.6. The number of hydrogen-bond donors (Lipinski definition) is 1. The third-order valence-electron chi connectivity index (χ3n) is 3.18. The second-order valence-corrected chi connectivity index (χ2v) is 5.13. The van der Waals surface area contributed by atoms with Crippen LogP contribution in [0.15, 0.2) is 24.3 Å². The Labute approximate surface area is 149 Å². The molecule has 1 rings (SSSR count). The largest absolute Gasteiger partial charge is 0.478 e. The number of hydrogen-bond acceptors (Lipinski definition) is 9. The highest BCUT2D eigenvalue weighted by atomic mass is 16.6. The zero-order valence-corrected chi connectivity index (χ0v) is 14.3. The molecule has 1 aliphatic heterocycles. The van der Waals surface area contributed by atoms with Gasteiger partial charge in [0.05, 0.1) is 20.3 Å². The summed E-state index contributed by atoms with van der Waals surface area (Å²) in [6, 6.07) is 0. The lowest BCUT2D eigenvalue weighted by Gasteiger charge is -2.29. The highest BCUT2D eigenvalue weighted by Gasteiger charge is 2.21. The van der Waals surface area contributed by atoms with Crippen LogP contribution in [-0.2, 0) is 38.1 Å². The minimum Gasteiger partial charge on any atom is -0.478 e.